The summed E-state index contributed by atoms with van der Waals surface area (Å²) < 4.78 is 26.3. The fourth-order valence-electron chi connectivity index (χ4n) is 2.79. The summed E-state index contributed by atoms with van der Waals surface area (Å²) in [5.74, 6) is -0.248. The Bertz CT molecular complexity index is 733. The van der Waals surface area contributed by atoms with Crippen LogP contribution in [-0.4, -0.2) is 72.3 Å². The highest BCUT2D eigenvalue weighted by Gasteiger charge is 2.48. The normalized spacial score (nSPS) is 24.6. The number of carbonyl (C=O) groups is 1. The number of sulfonamides is 1. The van der Waals surface area contributed by atoms with E-state index >= 15 is 0 Å². The Morgan fingerprint density at radius 3 is 2.50 bits per heavy atom. The Morgan fingerprint density at radius 2 is 1.92 bits per heavy atom. The van der Waals surface area contributed by atoms with E-state index in [1.165, 1.54) is 12.1 Å². The number of nitrogens with zero attached hydrogens (tertiary/aromatic N) is 1. The average molecular weight is 385 g/mol. The molecule has 1 saturated heterocycles. The highest BCUT2D eigenvalue weighted by atomic mass is 32.2. The van der Waals surface area contributed by atoms with E-state index in [2.05, 4.69) is 10.6 Å². The molecule has 4 N–H and O–H groups in total. The molecule has 26 heavy (non-hydrogen) atoms. The summed E-state index contributed by atoms with van der Waals surface area (Å²) in [7, 11) is -3.80. The van der Waals surface area contributed by atoms with Gasteiger partial charge in [-0.25, -0.2) is 8.42 Å². The highest BCUT2D eigenvalue weighted by Crippen LogP contribution is 2.27. The molecule has 9 heteroatoms. The van der Waals surface area contributed by atoms with Crippen molar-refractivity contribution in [1.82, 2.24) is 14.9 Å². The predicted octanol–water partition coefficient (Wildman–Crippen LogP) is -0.713. The van der Waals surface area contributed by atoms with Crippen molar-refractivity contribution in [3.8, 4) is 0 Å². The molecular weight excluding hydrogens is 358 g/mol. The fraction of sp³-hybridized carbons (Fsp3) is 0.588. The fourth-order valence-corrected chi connectivity index (χ4v) is 4.32. The van der Waals surface area contributed by atoms with Gasteiger partial charge in [0.05, 0.1) is 17.5 Å². The maximum absolute atomic E-state index is 12.6. The third kappa shape index (κ3) is 5.01. The molecule has 0 bridgehead atoms. The van der Waals surface area contributed by atoms with Gasteiger partial charge < -0.3 is 20.8 Å². The van der Waals surface area contributed by atoms with Crippen LogP contribution in [0.1, 0.15) is 20.8 Å². The number of benzene rings is 1. The summed E-state index contributed by atoms with van der Waals surface area (Å²) in [6, 6.07) is 7.87. The van der Waals surface area contributed by atoms with Gasteiger partial charge in [0.2, 0.25) is 15.9 Å². The van der Waals surface area contributed by atoms with E-state index in [4.69, 9.17) is 0 Å². The first kappa shape index (κ1) is 20.8. The lowest BCUT2D eigenvalue weighted by molar-refractivity contribution is -0.122. The maximum Gasteiger partial charge on any atom is 0.243 e. The van der Waals surface area contributed by atoms with E-state index in [0.29, 0.717) is 0 Å². The first-order valence-corrected chi connectivity index (χ1v) is 9.85. The standard InChI is InChI=1S/C17H27N3O5S/c1-16(2,3)19-15(22)9-18-11-17(23)12-20(10-14(17)21)26(24,25)13-7-5-4-6-8-13/h4-8,14,18,21,23H,9-12H2,1-3H3,(H,19,22)/t14-,17+/m1/s1. The molecule has 1 heterocycles. The van der Waals surface area contributed by atoms with Gasteiger partial charge >= 0.3 is 0 Å². The molecule has 1 fully saturated rings. The molecule has 0 aliphatic carbocycles. The van der Waals surface area contributed by atoms with Crippen LogP contribution in [0.5, 0.6) is 0 Å². The van der Waals surface area contributed by atoms with Crippen LogP contribution in [0.3, 0.4) is 0 Å². The lowest BCUT2D eigenvalue weighted by Crippen LogP contribution is -2.52. The molecule has 2 rings (SSSR count). The molecule has 1 aromatic carbocycles. The van der Waals surface area contributed by atoms with Crippen molar-refractivity contribution in [3.05, 3.63) is 30.3 Å². The molecule has 146 valence electrons. The zero-order chi connectivity index (χ0) is 19.6. The van der Waals surface area contributed by atoms with Crippen LogP contribution >= 0.6 is 0 Å². The largest absolute Gasteiger partial charge is 0.389 e. The number of aliphatic hydroxyl groups excluding tert-OH is 1. The van der Waals surface area contributed by atoms with Gasteiger partial charge in [-0.05, 0) is 32.9 Å². The summed E-state index contributed by atoms with van der Waals surface area (Å²) in [4.78, 5) is 11.9. The molecule has 0 saturated carbocycles. The molecule has 1 aliphatic rings. The number of β-amino-alcohol motifs (C(OH)–C–C–N with tert-alkyl or cyclic N) is 2. The van der Waals surface area contributed by atoms with Crippen molar-refractivity contribution in [3.63, 3.8) is 0 Å². The average Bonchev–Trinajstić information content (AvgIpc) is 2.83. The van der Waals surface area contributed by atoms with Crippen molar-refractivity contribution in [2.45, 2.75) is 42.9 Å². The zero-order valence-electron chi connectivity index (χ0n) is 15.3. The number of aliphatic hydroxyl groups is 2. The van der Waals surface area contributed by atoms with Gasteiger partial charge in [0.1, 0.15) is 5.60 Å². The van der Waals surface area contributed by atoms with Crippen LogP contribution in [-0.2, 0) is 14.8 Å². The highest BCUT2D eigenvalue weighted by molar-refractivity contribution is 7.89. The first-order valence-electron chi connectivity index (χ1n) is 8.41. The lowest BCUT2D eigenvalue weighted by atomic mass is 10.0. The molecule has 0 unspecified atom stereocenters. The van der Waals surface area contributed by atoms with Gasteiger partial charge in [-0.2, -0.15) is 4.31 Å². The minimum absolute atomic E-state index is 0.0439. The van der Waals surface area contributed by atoms with Crippen LogP contribution in [0.4, 0.5) is 0 Å². The zero-order valence-corrected chi connectivity index (χ0v) is 16.1. The van der Waals surface area contributed by atoms with Gasteiger partial charge in [0.25, 0.3) is 0 Å². The van der Waals surface area contributed by atoms with Gasteiger partial charge in [0, 0.05) is 25.2 Å². The van der Waals surface area contributed by atoms with E-state index in [1.54, 1.807) is 18.2 Å². The molecule has 0 spiro atoms. The van der Waals surface area contributed by atoms with Crippen molar-refractivity contribution in [2.75, 3.05) is 26.2 Å². The monoisotopic (exact) mass is 385 g/mol. The number of hydrogen-bond acceptors (Lipinski definition) is 6. The van der Waals surface area contributed by atoms with Crippen LogP contribution in [0, 0.1) is 0 Å². The molecule has 1 aromatic rings. The quantitative estimate of drug-likeness (QED) is 0.514. The third-order valence-electron chi connectivity index (χ3n) is 4.06. The van der Waals surface area contributed by atoms with Crippen molar-refractivity contribution < 1.29 is 23.4 Å². The second-order valence-electron chi connectivity index (χ2n) is 7.63. The second-order valence-corrected chi connectivity index (χ2v) is 9.57. The summed E-state index contributed by atoms with van der Waals surface area (Å²) in [5.41, 5.74) is -2.03. The smallest absolute Gasteiger partial charge is 0.243 e. The number of rotatable bonds is 6. The minimum Gasteiger partial charge on any atom is -0.389 e. The van der Waals surface area contributed by atoms with E-state index in [9.17, 15) is 23.4 Å². The summed E-state index contributed by atoms with van der Waals surface area (Å²) in [6.07, 6.45) is -1.25. The SMILES string of the molecule is CC(C)(C)NC(=O)CNC[C@]1(O)CN(S(=O)(=O)c2ccccc2)C[C@H]1O. The Balaban J connectivity index is 1.98. The lowest BCUT2D eigenvalue weighted by Gasteiger charge is -2.27. The van der Waals surface area contributed by atoms with E-state index in [0.717, 1.165) is 4.31 Å². The van der Waals surface area contributed by atoms with Crippen LogP contribution < -0.4 is 10.6 Å². The molecule has 1 amide bonds. The molecular formula is C17H27N3O5S. The number of hydrogen-bond donors (Lipinski definition) is 4. The predicted molar refractivity (Wildman–Crippen MR) is 96.9 cm³/mol. The van der Waals surface area contributed by atoms with Crippen LogP contribution in [0.15, 0.2) is 35.2 Å². The van der Waals surface area contributed by atoms with E-state index in [-0.39, 0.29) is 42.5 Å². The molecule has 2 atom stereocenters. The summed E-state index contributed by atoms with van der Waals surface area (Å²) in [5, 5.41) is 26.4. The number of amides is 1. The third-order valence-corrected chi connectivity index (χ3v) is 5.88. The Morgan fingerprint density at radius 1 is 1.31 bits per heavy atom. The number of carbonyl (C=O) groups excluding carboxylic acids is 1. The molecule has 0 aromatic heterocycles. The number of nitrogens with one attached hydrogen (secondary N) is 2. The van der Waals surface area contributed by atoms with Gasteiger partial charge in [0.15, 0.2) is 0 Å². The Hall–Kier alpha value is -1.52. The van der Waals surface area contributed by atoms with Crippen molar-refractivity contribution in [2.24, 2.45) is 0 Å². The molecule has 8 nitrogen and oxygen atoms in total. The second kappa shape index (κ2) is 7.61. The molecule has 1 aliphatic heterocycles. The van der Waals surface area contributed by atoms with Gasteiger partial charge in [-0.3, -0.25) is 4.79 Å². The van der Waals surface area contributed by atoms with Gasteiger partial charge in [-0.15, -0.1) is 0 Å². The van der Waals surface area contributed by atoms with E-state index < -0.39 is 21.7 Å². The Kier molecular flexibility index (Phi) is 6.09. The van der Waals surface area contributed by atoms with Crippen molar-refractivity contribution >= 4 is 15.9 Å². The maximum atomic E-state index is 12.6. The summed E-state index contributed by atoms with van der Waals surface area (Å²) >= 11 is 0. The van der Waals surface area contributed by atoms with Crippen LogP contribution in [0.2, 0.25) is 0 Å². The minimum atomic E-state index is -3.80. The summed E-state index contributed by atoms with van der Waals surface area (Å²) in [6.45, 7) is 4.95. The van der Waals surface area contributed by atoms with E-state index in [1.807, 2.05) is 20.8 Å². The first-order chi connectivity index (χ1) is 11.9. The topological polar surface area (TPSA) is 119 Å². The molecule has 0 radical (unpaired) electrons. The van der Waals surface area contributed by atoms with Crippen LogP contribution in [0.25, 0.3) is 0 Å². The van der Waals surface area contributed by atoms with Crippen molar-refractivity contribution in [1.29, 1.82) is 0 Å². The van der Waals surface area contributed by atoms with Gasteiger partial charge in [-0.1, -0.05) is 18.2 Å². The Labute approximate surface area is 154 Å².